The normalized spacial score (nSPS) is 15.9. The predicted molar refractivity (Wildman–Crippen MR) is 89.4 cm³/mol. The lowest BCUT2D eigenvalue weighted by Gasteiger charge is -2.14. The van der Waals surface area contributed by atoms with Crippen molar-refractivity contribution in [2.75, 3.05) is 0 Å². The maximum atomic E-state index is 11.7. The van der Waals surface area contributed by atoms with E-state index in [-0.39, 0.29) is 5.70 Å². The van der Waals surface area contributed by atoms with Gasteiger partial charge in [0.1, 0.15) is 5.70 Å². The summed E-state index contributed by atoms with van der Waals surface area (Å²) in [6, 6.07) is 7.75. The zero-order valence-electron chi connectivity index (χ0n) is 13.7. The third-order valence-electron chi connectivity index (χ3n) is 4.31. The molecule has 3 rings (SSSR count). The summed E-state index contributed by atoms with van der Waals surface area (Å²) in [5.41, 5.74) is 6.87. The number of aromatic nitrogens is 1. The lowest BCUT2D eigenvalue weighted by Crippen LogP contribution is -2.22. The van der Waals surface area contributed by atoms with Gasteiger partial charge >= 0.3 is 6.03 Å². The van der Waals surface area contributed by atoms with Crippen LogP contribution in [-0.2, 0) is 4.79 Å². The second-order valence-electron chi connectivity index (χ2n) is 5.85. The van der Waals surface area contributed by atoms with Gasteiger partial charge in [0.05, 0.1) is 0 Å². The fourth-order valence-corrected chi connectivity index (χ4v) is 2.92. The summed E-state index contributed by atoms with van der Waals surface area (Å²) >= 11 is 0. The highest BCUT2D eigenvalue weighted by Crippen LogP contribution is 2.26. The van der Waals surface area contributed by atoms with Crippen LogP contribution in [-0.4, -0.2) is 16.5 Å². The minimum atomic E-state index is -0.482. The number of benzene rings is 1. The van der Waals surface area contributed by atoms with Gasteiger partial charge in [-0.2, -0.15) is 0 Å². The summed E-state index contributed by atoms with van der Waals surface area (Å²) in [4.78, 5) is 22.9. The van der Waals surface area contributed by atoms with E-state index in [4.69, 9.17) is 0 Å². The Bertz CT molecular complexity index is 859. The third kappa shape index (κ3) is 2.54. The van der Waals surface area contributed by atoms with Crippen LogP contribution in [0.25, 0.3) is 11.8 Å². The summed E-state index contributed by atoms with van der Waals surface area (Å²) in [6.45, 7) is 8.24. The zero-order valence-corrected chi connectivity index (χ0v) is 13.7. The maximum Gasteiger partial charge on any atom is 0.326 e. The lowest BCUT2D eigenvalue weighted by atomic mass is 10.1. The van der Waals surface area contributed by atoms with Crippen molar-refractivity contribution in [3.63, 3.8) is 0 Å². The van der Waals surface area contributed by atoms with Gasteiger partial charge in [-0.25, -0.2) is 4.79 Å². The molecule has 0 unspecified atom stereocenters. The Balaban J connectivity index is 2.11. The topological polar surface area (TPSA) is 63.1 Å². The first-order chi connectivity index (χ1) is 10.9. The van der Waals surface area contributed by atoms with Crippen LogP contribution in [0, 0.1) is 27.7 Å². The van der Waals surface area contributed by atoms with Gasteiger partial charge in [0.15, 0.2) is 0 Å². The van der Waals surface area contributed by atoms with Crippen LogP contribution in [0.1, 0.15) is 28.1 Å². The van der Waals surface area contributed by atoms with Gasteiger partial charge in [0.2, 0.25) is 0 Å². The Kier molecular flexibility index (Phi) is 3.56. The average Bonchev–Trinajstić information content (AvgIpc) is 2.94. The van der Waals surface area contributed by atoms with Crippen LogP contribution >= 0.6 is 0 Å². The van der Waals surface area contributed by atoms with Crippen LogP contribution in [0.15, 0.2) is 30.0 Å². The quantitative estimate of drug-likeness (QED) is 0.662. The van der Waals surface area contributed by atoms with Crippen LogP contribution in [0.4, 0.5) is 4.79 Å². The van der Waals surface area contributed by atoms with E-state index in [0.717, 1.165) is 22.6 Å². The number of hydrogen-bond donors (Lipinski definition) is 2. The van der Waals surface area contributed by atoms with E-state index >= 15 is 0 Å². The summed E-state index contributed by atoms with van der Waals surface area (Å²) in [7, 11) is 0. The molecular weight excluding hydrogens is 290 g/mol. The van der Waals surface area contributed by atoms with Crippen molar-refractivity contribution < 1.29 is 9.59 Å². The Morgan fingerprint density at radius 3 is 2.43 bits per heavy atom. The van der Waals surface area contributed by atoms with E-state index in [1.165, 1.54) is 11.1 Å². The van der Waals surface area contributed by atoms with E-state index in [1.54, 1.807) is 6.08 Å². The molecule has 1 aromatic carbocycles. The van der Waals surface area contributed by atoms with Crippen LogP contribution in [0.5, 0.6) is 0 Å². The van der Waals surface area contributed by atoms with Crippen molar-refractivity contribution in [3.05, 3.63) is 58.0 Å². The van der Waals surface area contributed by atoms with Gasteiger partial charge in [-0.15, -0.1) is 0 Å². The number of aryl methyl sites for hydroxylation is 2. The number of imide groups is 1. The molecule has 1 saturated heterocycles. The molecule has 1 aromatic heterocycles. The number of carbonyl (C=O) groups is 2. The fourth-order valence-electron chi connectivity index (χ4n) is 2.92. The summed E-state index contributed by atoms with van der Waals surface area (Å²) in [5.74, 6) is -0.397. The lowest BCUT2D eigenvalue weighted by molar-refractivity contribution is -0.115. The van der Waals surface area contributed by atoms with E-state index in [9.17, 15) is 9.59 Å². The molecule has 1 aliphatic rings. The Morgan fingerprint density at radius 1 is 1.04 bits per heavy atom. The Hall–Kier alpha value is -2.82. The Morgan fingerprint density at radius 2 is 1.78 bits per heavy atom. The van der Waals surface area contributed by atoms with E-state index < -0.39 is 11.9 Å². The first-order valence-electron chi connectivity index (χ1n) is 7.48. The molecule has 0 spiro atoms. The van der Waals surface area contributed by atoms with Gasteiger partial charge in [-0.1, -0.05) is 12.1 Å². The number of rotatable bonds is 2. The Labute approximate surface area is 135 Å². The van der Waals surface area contributed by atoms with E-state index in [0.29, 0.717) is 0 Å². The van der Waals surface area contributed by atoms with Crippen molar-refractivity contribution in [3.8, 4) is 5.69 Å². The number of carbonyl (C=O) groups excluding carboxylic acids is 2. The number of urea groups is 1. The van der Waals surface area contributed by atoms with Gasteiger partial charge < -0.3 is 9.88 Å². The highest BCUT2D eigenvalue weighted by molar-refractivity contribution is 6.14. The molecule has 2 heterocycles. The molecule has 0 bridgehead atoms. The fraction of sp³-hybridized carbons (Fsp3) is 0.222. The molecule has 0 aliphatic carbocycles. The highest BCUT2D eigenvalue weighted by Gasteiger charge is 2.23. The van der Waals surface area contributed by atoms with Crippen molar-refractivity contribution in [1.29, 1.82) is 0 Å². The number of nitrogens with zero attached hydrogens (tertiary/aromatic N) is 1. The maximum absolute atomic E-state index is 11.7. The number of hydrogen-bond acceptors (Lipinski definition) is 2. The molecule has 0 radical (unpaired) electrons. The van der Waals surface area contributed by atoms with Gasteiger partial charge in [-0.05, 0) is 62.6 Å². The molecule has 3 amide bonds. The van der Waals surface area contributed by atoms with Crippen molar-refractivity contribution in [2.24, 2.45) is 0 Å². The molecule has 23 heavy (non-hydrogen) atoms. The molecule has 0 saturated carbocycles. The van der Waals surface area contributed by atoms with Gasteiger partial charge in [0.25, 0.3) is 5.91 Å². The molecule has 0 atom stereocenters. The van der Waals surface area contributed by atoms with Crippen molar-refractivity contribution in [2.45, 2.75) is 27.7 Å². The van der Waals surface area contributed by atoms with Gasteiger partial charge in [0, 0.05) is 17.1 Å². The average molecular weight is 309 g/mol. The molecule has 1 fully saturated rings. The minimum Gasteiger partial charge on any atom is -0.318 e. The third-order valence-corrected chi connectivity index (χ3v) is 4.31. The smallest absolute Gasteiger partial charge is 0.318 e. The summed E-state index contributed by atoms with van der Waals surface area (Å²) < 4.78 is 2.17. The minimum absolute atomic E-state index is 0.274. The number of nitrogens with one attached hydrogen (secondary N) is 2. The number of amides is 3. The van der Waals surface area contributed by atoms with Gasteiger partial charge in [-0.3, -0.25) is 10.1 Å². The van der Waals surface area contributed by atoms with Crippen LogP contribution in [0.3, 0.4) is 0 Å². The first-order valence-corrected chi connectivity index (χ1v) is 7.48. The predicted octanol–water partition coefficient (Wildman–Crippen LogP) is 2.89. The monoisotopic (exact) mass is 309 g/mol. The van der Waals surface area contributed by atoms with Crippen LogP contribution < -0.4 is 10.6 Å². The summed E-state index contributed by atoms with van der Waals surface area (Å²) in [5, 5.41) is 4.73. The standard InChI is InChI=1S/C18H19N3O2/c1-10-6-5-7-16(12(10)3)21-11(2)8-14(13(21)4)9-15-17(22)20-18(23)19-15/h5-9H,1-4H3,(H2,19,20,22,23)/b15-9-. The second-order valence-corrected chi connectivity index (χ2v) is 5.85. The summed E-state index contributed by atoms with van der Waals surface area (Å²) in [6.07, 6.45) is 1.71. The molecule has 2 aromatic rings. The zero-order chi connectivity index (χ0) is 16.7. The van der Waals surface area contributed by atoms with Crippen molar-refractivity contribution >= 4 is 18.0 Å². The first kappa shape index (κ1) is 15.1. The van der Waals surface area contributed by atoms with E-state index in [1.807, 2.05) is 26.0 Å². The molecule has 1 aliphatic heterocycles. The highest BCUT2D eigenvalue weighted by atomic mass is 16.2. The molecular formula is C18H19N3O2. The van der Waals surface area contributed by atoms with E-state index in [2.05, 4.69) is 41.2 Å². The molecule has 118 valence electrons. The molecule has 5 heteroatoms. The largest absolute Gasteiger partial charge is 0.326 e. The SMILES string of the molecule is Cc1cccc(-n2c(C)cc(/C=C3\NC(=O)NC3=O)c2C)c1C. The molecule has 2 N–H and O–H groups in total. The van der Waals surface area contributed by atoms with Crippen LogP contribution in [0.2, 0.25) is 0 Å². The van der Waals surface area contributed by atoms with Crippen molar-refractivity contribution in [1.82, 2.24) is 15.2 Å². The second kappa shape index (κ2) is 5.43. The molecule has 5 nitrogen and oxygen atoms in total.